The van der Waals surface area contributed by atoms with E-state index in [-0.39, 0.29) is 6.61 Å². The maximum atomic E-state index is 8.77. The van der Waals surface area contributed by atoms with Gasteiger partial charge in [-0.2, -0.15) is 4.68 Å². The maximum Gasteiger partial charge on any atom is 0.214 e. The summed E-state index contributed by atoms with van der Waals surface area (Å²) in [6, 6.07) is 7.55. The van der Waals surface area contributed by atoms with Crippen molar-refractivity contribution in [3.05, 3.63) is 24.3 Å². The van der Waals surface area contributed by atoms with E-state index in [1.54, 1.807) is 11.8 Å². The van der Waals surface area contributed by atoms with Crippen LogP contribution < -0.4 is 4.74 Å². The zero-order valence-electron chi connectivity index (χ0n) is 9.98. The molecule has 2 rings (SSSR count). The van der Waals surface area contributed by atoms with Crippen LogP contribution in [-0.4, -0.2) is 44.8 Å². The molecule has 0 radical (unpaired) electrons. The zero-order chi connectivity index (χ0) is 12.8. The molecule has 1 aromatic carbocycles. The number of thioether (sulfide) groups is 1. The number of aliphatic hydroxyl groups excluding tert-OH is 1. The summed E-state index contributed by atoms with van der Waals surface area (Å²) in [5.41, 5.74) is 0.802. The Hall–Kier alpha value is -1.60. The van der Waals surface area contributed by atoms with E-state index in [1.165, 1.54) is 11.8 Å². The predicted molar refractivity (Wildman–Crippen MR) is 68.1 cm³/mol. The number of hydrogen-bond donors (Lipinski definition) is 1. The molecule has 0 atom stereocenters. The number of nitrogens with zero attached hydrogens (tertiary/aromatic N) is 4. The molecule has 1 heterocycles. The van der Waals surface area contributed by atoms with Crippen LogP contribution in [0.2, 0.25) is 0 Å². The van der Waals surface area contributed by atoms with E-state index >= 15 is 0 Å². The van der Waals surface area contributed by atoms with Gasteiger partial charge in [-0.3, -0.25) is 0 Å². The van der Waals surface area contributed by atoms with Crippen LogP contribution in [-0.2, 0) is 0 Å². The number of para-hydroxylation sites is 2. The molecule has 0 aliphatic carbocycles. The molecule has 18 heavy (non-hydrogen) atoms. The molecule has 0 aliphatic heterocycles. The van der Waals surface area contributed by atoms with Gasteiger partial charge < -0.3 is 9.84 Å². The van der Waals surface area contributed by atoms with Gasteiger partial charge in [-0.05, 0) is 29.0 Å². The second kappa shape index (κ2) is 6.36. The van der Waals surface area contributed by atoms with Crippen molar-refractivity contribution in [1.29, 1.82) is 0 Å². The van der Waals surface area contributed by atoms with Gasteiger partial charge in [-0.25, -0.2) is 0 Å². The molecule has 0 saturated carbocycles. The van der Waals surface area contributed by atoms with Crippen LogP contribution in [0.1, 0.15) is 6.42 Å². The van der Waals surface area contributed by atoms with Gasteiger partial charge in [0.15, 0.2) is 0 Å². The minimum atomic E-state index is 0.170. The van der Waals surface area contributed by atoms with Crippen molar-refractivity contribution < 1.29 is 9.84 Å². The van der Waals surface area contributed by atoms with Crippen LogP contribution >= 0.6 is 11.8 Å². The lowest BCUT2D eigenvalue weighted by atomic mass is 10.3. The van der Waals surface area contributed by atoms with Crippen molar-refractivity contribution in [3.8, 4) is 11.4 Å². The standard InChI is InChI=1S/C11H14N4O2S/c1-17-10-6-3-2-5-9(10)15-11(12-13-14-15)18-8-4-7-16/h2-3,5-6,16H,4,7-8H2,1H3. The Balaban J connectivity index is 2.25. The van der Waals surface area contributed by atoms with Gasteiger partial charge in [0.05, 0.1) is 7.11 Å². The zero-order valence-corrected chi connectivity index (χ0v) is 10.8. The smallest absolute Gasteiger partial charge is 0.214 e. The summed E-state index contributed by atoms with van der Waals surface area (Å²) < 4.78 is 6.92. The van der Waals surface area contributed by atoms with Crippen molar-refractivity contribution in [2.24, 2.45) is 0 Å². The second-order valence-corrected chi connectivity index (χ2v) is 4.53. The molecule has 0 unspecified atom stereocenters. The van der Waals surface area contributed by atoms with Gasteiger partial charge in [0, 0.05) is 12.4 Å². The fraction of sp³-hybridized carbons (Fsp3) is 0.364. The Morgan fingerprint density at radius 2 is 2.22 bits per heavy atom. The van der Waals surface area contributed by atoms with Gasteiger partial charge in [-0.1, -0.05) is 23.9 Å². The Morgan fingerprint density at radius 1 is 1.39 bits per heavy atom. The molecule has 0 fully saturated rings. The first kappa shape index (κ1) is 12.8. The summed E-state index contributed by atoms with van der Waals surface area (Å²) >= 11 is 1.50. The minimum Gasteiger partial charge on any atom is -0.494 e. The van der Waals surface area contributed by atoms with E-state index in [1.807, 2.05) is 24.3 Å². The van der Waals surface area contributed by atoms with Crippen LogP contribution in [0.3, 0.4) is 0 Å². The highest BCUT2D eigenvalue weighted by Crippen LogP contribution is 2.25. The molecule has 96 valence electrons. The molecule has 0 aliphatic rings. The van der Waals surface area contributed by atoms with Crippen molar-refractivity contribution in [2.75, 3.05) is 19.5 Å². The van der Waals surface area contributed by atoms with E-state index < -0.39 is 0 Å². The summed E-state index contributed by atoms with van der Waals surface area (Å²) in [6.45, 7) is 0.170. The molecule has 0 amide bonds. The Labute approximate surface area is 109 Å². The van der Waals surface area contributed by atoms with Crippen LogP contribution in [0.25, 0.3) is 5.69 Å². The fourth-order valence-electron chi connectivity index (χ4n) is 1.45. The fourth-order valence-corrected chi connectivity index (χ4v) is 2.26. The van der Waals surface area contributed by atoms with Crippen molar-refractivity contribution in [2.45, 2.75) is 11.6 Å². The lowest BCUT2D eigenvalue weighted by Gasteiger charge is -2.08. The summed E-state index contributed by atoms with van der Waals surface area (Å²) in [5.74, 6) is 1.49. The monoisotopic (exact) mass is 266 g/mol. The summed E-state index contributed by atoms with van der Waals surface area (Å²) in [5, 5.41) is 21.1. The first-order chi connectivity index (χ1) is 8.86. The minimum absolute atomic E-state index is 0.170. The third-order valence-electron chi connectivity index (χ3n) is 2.29. The SMILES string of the molecule is COc1ccccc1-n1nnnc1SCCCO. The maximum absolute atomic E-state index is 8.77. The van der Waals surface area contributed by atoms with Gasteiger partial charge in [-0.15, -0.1) is 5.10 Å². The quantitative estimate of drug-likeness (QED) is 0.624. The number of aliphatic hydroxyl groups is 1. The number of hydrogen-bond acceptors (Lipinski definition) is 6. The highest BCUT2D eigenvalue weighted by Gasteiger charge is 2.12. The highest BCUT2D eigenvalue weighted by atomic mass is 32.2. The van der Waals surface area contributed by atoms with Crippen molar-refractivity contribution in [3.63, 3.8) is 0 Å². The second-order valence-electron chi connectivity index (χ2n) is 3.47. The van der Waals surface area contributed by atoms with E-state index in [0.29, 0.717) is 17.3 Å². The number of methoxy groups -OCH3 is 1. The Kier molecular flexibility index (Phi) is 4.54. The average Bonchev–Trinajstić information content (AvgIpc) is 2.87. The molecular weight excluding hydrogens is 252 g/mol. The first-order valence-corrected chi connectivity index (χ1v) is 6.51. The van der Waals surface area contributed by atoms with E-state index in [0.717, 1.165) is 11.4 Å². The lowest BCUT2D eigenvalue weighted by molar-refractivity contribution is 0.296. The number of benzene rings is 1. The topological polar surface area (TPSA) is 73.1 Å². The van der Waals surface area contributed by atoms with Crippen molar-refractivity contribution in [1.82, 2.24) is 20.2 Å². The Morgan fingerprint density at radius 3 is 3.00 bits per heavy atom. The number of tetrazole rings is 1. The third kappa shape index (κ3) is 2.80. The summed E-state index contributed by atoms with van der Waals surface area (Å²) in [7, 11) is 1.61. The van der Waals surface area contributed by atoms with Gasteiger partial charge in [0.2, 0.25) is 5.16 Å². The highest BCUT2D eigenvalue weighted by molar-refractivity contribution is 7.99. The normalized spacial score (nSPS) is 10.6. The third-order valence-corrected chi connectivity index (χ3v) is 3.29. The van der Waals surface area contributed by atoms with Crippen LogP contribution in [0.15, 0.2) is 29.4 Å². The summed E-state index contributed by atoms with van der Waals surface area (Å²) in [4.78, 5) is 0. The molecule has 7 heteroatoms. The molecule has 2 aromatic rings. The van der Waals surface area contributed by atoms with E-state index in [9.17, 15) is 0 Å². The van der Waals surface area contributed by atoms with Gasteiger partial charge in [0.1, 0.15) is 11.4 Å². The molecule has 1 aromatic heterocycles. The number of aromatic nitrogens is 4. The van der Waals surface area contributed by atoms with E-state index in [2.05, 4.69) is 15.5 Å². The van der Waals surface area contributed by atoms with Gasteiger partial charge >= 0.3 is 0 Å². The van der Waals surface area contributed by atoms with Crippen LogP contribution in [0, 0.1) is 0 Å². The largest absolute Gasteiger partial charge is 0.494 e. The van der Waals surface area contributed by atoms with Crippen molar-refractivity contribution >= 4 is 11.8 Å². The van der Waals surface area contributed by atoms with Gasteiger partial charge in [0.25, 0.3) is 0 Å². The molecular formula is C11H14N4O2S. The Bertz CT molecular complexity index is 503. The number of ether oxygens (including phenoxy) is 1. The number of rotatable bonds is 6. The lowest BCUT2D eigenvalue weighted by Crippen LogP contribution is -2.02. The molecule has 6 nitrogen and oxygen atoms in total. The molecule has 0 spiro atoms. The molecule has 0 bridgehead atoms. The van der Waals surface area contributed by atoms with E-state index in [4.69, 9.17) is 9.84 Å². The summed E-state index contributed by atoms with van der Waals surface area (Å²) in [6.07, 6.45) is 0.712. The predicted octanol–water partition coefficient (Wildman–Crippen LogP) is 1.15. The van der Waals surface area contributed by atoms with Crippen LogP contribution in [0.5, 0.6) is 5.75 Å². The molecule has 0 saturated heterocycles. The first-order valence-electron chi connectivity index (χ1n) is 5.52. The molecule has 1 N–H and O–H groups in total. The average molecular weight is 266 g/mol. The van der Waals surface area contributed by atoms with Crippen LogP contribution in [0.4, 0.5) is 0 Å².